The van der Waals surface area contributed by atoms with E-state index in [9.17, 15) is 14.7 Å². The fourth-order valence-corrected chi connectivity index (χ4v) is 4.48. The number of aliphatic hydroxyl groups excluding tert-OH is 1. The molecule has 1 N–H and O–H groups in total. The summed E-state index contributed by atoms with van der Waals surface area (Å²) < 4.78 is 11.0. The second-order valence-electron chi connectivity index (χ2n) is 9.02. The van der Waals surface area contributed by atoms with Gasteiger partial charge in [0, 0.05) is 12.1 Å². The minimum Gasteiger partial charge on any atom is -0.507 e. The van der Waals surface area contributed by atoms with Crippen LogP contribution in [0, 0.1) is 13.8 Å². The Hall–Kier alpha value is -4.06. The van der Waals surface area contributed by atoms with E-state index in [2.05, 4.69) is 0 Å². The Morgan fingerprint density at radius 1 is 1.00 bits per heavy atom. The van der Waals surface area contributed by atoms with E-state index in [0.29, 0.717) is 17.9 Å². The van der Waals surface area contributed by atoms with E-state index in [4.69, 9.17) is 9.47 Å². The molecule has 0 radical (unpaired) electrons. The summed E-state index contributed by atoms with van der Waals surface area (Å²) in [5, 5.41) is 11.4. The van der Waals surface area contributed by atoms with Gasteiger partial charge in [-0.1, -0.05) is 48.9 Å². The van der Waals surface area contributed by atoms with Crippen LogP contribution >= 0.6 is 0 Å². The number of hydrogen-bond donors (Lipinski definition) is 1. The predicted molar refractivity (Wildman–Crippen MR) is 139 cm³/mol. The Morgan fingerprint density at radius 3 is 2.39 bits per heavy atom. The summed E-state index contributed by atoms with van der Waals surface area (Å²) in [6, 6.07) is 19.6. The molecule has 3 aromatic carbocycles. The van der Waals surface area contributed by atoms with Gasteiger partial charge in [-0.15, -0.1) is 0 Å². The Balaban J connectivity index is 1.80. The van der Waals surface area contributed by atoms with Crippen LogP contribution in [-0.2, 0) is 16.1 Å². The van der Waals surface area contributed by atoms with Gasteiger partial charge in [0.15, 0.2) is 0 Å². The number of benzene rings is 3. The van der Waals surface area contributed by atoms with Crippen LogP contribution in [0.3, 0.4) is 0 Å². The van der Waals surface area contributed by atoms with Gasteiger partial charge in [0.2, 0.25) is 0 Å². The SMILES string of the molecule is CCCOc1ccc(/C(O)=C2/C(=O)C(=O)N(Cc3ccc(OC)cc3)C2c2cccc(C)c2)cc1C. The number of aryl methyl sites for hydroxylation is 2. The zero-order valence-electron chi connectivity index (χ0n) is 21.1. The lowest BCUT2D eigenvalue weighted by Crippen LogP contribution is -2.29. The lowest BCUT2D eigenvalue weighted by Gasteiger charge is -2.26. The first-order valence-corrected chi connectivity index (χ1v) is 12.1. The number of hydrogen-bond acceptors (Lipinski definition) is 5. The van der Waals surface area contributed by atoms with Crippen molar-refractivity contribution in [3.8, 4) is 11.5 Å². The maximum absolute atomic E-state index is 13.3. The number of nitrogens with zero attached hydrogens (tertiary/aromatic N) is 1. The Kier molecular flexibility index (Phi) is 7.44. The van der Waals surface area contributed by atoms with Crippen molar-refractivity contribution < 1.29 is 24.2 Å². The average Bonchev–Trinajstić information content (AvgIpc) is 3.13. The molecular weight excluding hydrogens is 454 g/mol. The minimum atomic E-state index is -0.719. The first-order valence-electron chi connectivity index (χ1n) is 12.1. The van der Waals surface area contributed by atoms with Crippen molar-refractivity contribution in [3.63, 3.8) is 0 Å². The number of carbonyl (C=O) groups is 2. The second-order valence-corrected chi connectivity index (χ2v) is 9.02. The number of Topliss-reactive ketones (excluding diaryl/α,β-unsaturated/α-hetero) is 1. The third-order valence-corrected chi connectivity index (χ3v) is 6.32. The van der Waals surface area contributed by atoms with Crippen molar-refractivity contribution in [2.45, 2.75) is 39.8 Å². The Morgan fingerprint density at radius 2 is 1.75 bits per heavy atom. The van der Waals surface area contributed by atoms with Gasteiger partial charge in [-0.05, 0) is 67.3 Å². The summed E-state index contributed by atoms with van der Waals surface area (Å²) >= 11 is 0. The van der Waals surface area contributed by atoms with Crippen LogP contribution in [0.4, 0.5) is 0 Å². The zero-order valence-corrected chi connectivity index (χ0v) is 21.1. The molecule has 1 aliphatic heterocycles. The zero-order chi connectivity index (χ0) is 25.8. The topological polar surface area (TPSA) is 76.1 Å². The normalized spacial score (nSPS) is 16.9. The number of ketones is 1. The van der Waals surface area contributed by atoms with Gasteiger partial charge in [0.1, 0.15) is 17.3 Å². The van der Waals surface area contributed by atoms with Gasteiger partial charge in [-0.2, -0.15) is 0 Å². The van der Waals surface area contributed by atoms with Gasteiger partial charge in [0.25, 0.3) is 11.7 Å². The third kappa shape index (κ3) is 4.98. The fraction of sp³-hybridized carbons (Fsp3) is 0.267. The molecule has 1 atom stereocenters. The summed E-state index contributed by atoms with van der Waals surface area (Å²) in [7, 11) is 1.59. The third-order valence-electron chi connectivity index (χ3n) is 6.32. The summed E-state index contributed by atoms with van der Waals surface area (Å²) in [6.07, 6.45) is 0.884. The number of methoxy groups -OCH3 is 1. The average molecular weight is 486 g/mol. The molecule has 3 aromatic rings. The molecule has 1 heterocycles. The number of aliphatic hydroxyl groups is 1. The highest BCUT2D eigenvalue weighted by Gasteiger charge is 2.46. The van der Waals surface area contributed by atoms with Crippen molar-refractivity contribution in [2.24, 2.45) is 0 Å². The highest BCUT2D eigenvalue weighted by molar-refractivity contribution is 6.46. The molecule has 36 heavy (non-hydrogen) atoms. The molecule has 0 spiro atoms. The standard InChI is InChI=1S/C30H31NO5/c1-5-15-36-25-14-11-23(17-20(25)3)28(32)26-27(22-8-6-7-19(2)16-22)31(30(34)29(26)33)18-21-9-12-24(35-4)13-10-21/h6-14,16-17,27,32H,5,15,18H2,1-4H3/b28-26-. The smallest absolute Gasteiger partial charge is 0.295 e. The molecule has 6 heteroatoms. The molecule has 0 aliphatic carbocycles. The highest BCUT2D eigenvalue weighted by atomic mass is 16.5. The monoisotopic (exact) mass is 485 g/mol. The van der Waals surface area contributed by atoms with Crippen molar-refractivity contribution in [3.05, 3.63) is 100 Å². The molecule has 1 unspecified atom stereocenters. The first-order chi connectivity index (χ1) is 17.3. The number of likely N-dealkylation sites (tertiary alicyclic amines) is 1. The highest BCUT2D eigenvalue weighted by Crippen LogP contribution is 2.41. The second kappa shape index (κ2) is 10.7. The van der Waals surface area contributed by atoms with Gasteiger partial charge >= 0.3 is 0 Å². The molecule has 0 aromatic heterocycles. The van der Waals surface area contributed by atoms with Crippen molar-refractivity contribution >= 4 is 17.4 Å². The van der Waals surface area contributed by atoms with E-state index in [1.165, 1.54) is 4.90 Å². The molecular formula is C30H31NO5. The number of ether oxygens (including phenoxy) is 2. The van der Waals surface area contributed by atoms with E-state index in [1.807, 2.05) is 69.3 Å². The van der Waals surface area contributed by atoms with Crippen molar-refractivity contribution in [1.82, 2.24) is 4.90 Å². The fourth-order valence-electron chi connectivity index (χ4n) is 4.48. The van der Waals surface area contributed by atoms with Gasteiger partial charge in [-0.3, -0.25) is 9.59 Å². The number of rotatable bonds is 8. The van der Waals surface area contributed by atoms with E-state index in [0.717, 1.165) is 34.4 Å². The molecule has 186 valence electrons. The van der Waals surface area contributed by atoms with E-state index >= 15 is 0 Å². The van der Waals surface area contributed by atoms with Crippen LogP contribution in [-0.4, -0.2) is 35.4 Å². The number of carbonyl (C=O) groups excluding carboxylic acids is 2. The Bertz CT molecular complexity index is 1310. The van der Waals surface area contributed by atoms with Gasteiger partial charge in [0.05, 0.1) is 25.3 Å². The molecule has 1 saturated heterocycles. The molecule has 0 saturated carbocycles. The van der Waals surface area contributed by atoms with E-state index < -0.39 is 17.7 Å². The molecule has 6 nitrogen and oxygen atoms in total. The molecule has 1 fully saturated rings. The summed E-state index contributed by atoms with van der Waals surface area (Å²) in [5.41, 5.74) is 4.01. The molecule has 0 bridgehead atoms. The summed E-state index contributed by atoms with van der Waals surface area (Å²) in [4.78, 5) is 28.1. The van der Waals surface area contributed by atoms with Gasteiger partial charge in [-0.25, -0.2) is 0 Å². The summed E-state index contributed by atoms with van der Waals surface area (Å²) in [5.74, 6) is -0.0985. The minimum absolute atomic E-state index is 0.0840. The van der Waals surface area contributed by atoms with Crippen LogP contribution in [0.2, 0.25) is 0 Å². The lowest BCUT2D eigenvalue weighted by molar-refractivity contribution is -0.140. The summed E-state index contributed by atoms with van der Waals surface area (Å²) in [6.45, 7) is 6.69. The van der Waals surface area contributed by atoms with Crippen molar-refractivity contribution in [1.29, 1.82) is 0 Å². The lowest BCUT2D eigenvalue weighted by atomic mass is 9.94. The molecule has 1 amide bonds. The van der Waals surface area contributed by atoms with Crippen LogP contribution < -0.4 is 9.47 Å². The maximum atomic E-state index is 13.3. The van der Waals surface area contributed by atoms with Crippen LogP contribution in [0.25, 0.3) is 5.76 Å². The van der Waals surface area contributed by atoms with E-state index in [1.54, 1.807) is 25.3 Å². The quantitative estimate of drug-likeness (QED) is 0.251. The van der Waals surface area contributed by atoms with E-state index in [-0.39, 0.29) is 17.9 Å². The van der Waals surface area contributed by atoms with Crippen LogP contribution in [0.15, 0.2) is 72.3 Å². The Labute approximate surface area is 211 Å². The predicted octanol–water partition coefficient (Wildman–Crippen LogP) is 5.72. The molecule has 1 aliphatic rings. The van der Waals surface area contributed by atoms with Crippen LogP contribution in [0.5, 0.6) is 11.5 Å². The van der Waals surface area contributed by atoms with Gasteiger partial charge < -0.3 is 19.5 Å². The van der Waals surface area contributed by atoms with Crippen LogP contribution in [0.1, 0.15) is 47.2 Å². The number of amides is 1. The molecule has 4 rings (SSSR count). The largest absolute Gasteiger partial charge is 0.507 e. The first kappa shape index (κ1) is 25.0. The van der Waals surface area contributed by atoms with Crippen molar-refractivity contribution in [2.75, 3.05) is 13.7 Å². The maximum Gasteiger partial charge on any atom is 0.295 e.